The summed E-state index contributed by atoms with van der Waals surface area (Å²) in [5.74, 6) is 2.59. The van der Waals surface area contributed by atoms with Gasteiger partial charge in [0.25, 0.3) is 0 Å². The second-order valence-corrected chi connectivity index (χ2v) is 7.38. The molecule has 1 atom stereocenters. The van der Waals surface area contributed by atoms with Crippen LogP contribution < -0.4 is 19.5 Å². The molecule has 1 N–H and O–H groups in total. The van der Waals surface area contributed by atoms with Gasteiger partial charge < -0.3 is 19.5 Å². The second-order valence-electron chi connectivity index (χ2n) is 6.13. The van der Waals surface area contributed by atoms with Crippen LogP contribution in [0.25, 0.3) is 5.70 Å². The van der Waals surface area contributed by atoms with Crippen molar-refractivity contribution in [3.05, 3.63) is 63.5 Å². The highest BCUT2D eigenvalue weighted by molar-refractivity contribution is 14.1. The molecule has 0 bridgehead atoms. The first kappa shape index (κ1) is 18.6. The molecule has 0 saturated heterocycles. The molecule has 144 valence electrons. The van der Waals surface area contributed by atoms with Crippen molar-refractivity contribution in [1.82, 2.24) is 14.8 Å². The van der Waals surface area contributed by atoms with Crippen LogP contribution >= 0.6 is 22.6 Å². The fourth-order valence-electron chi connectivity index (χ4n) is 3.24. The van der Waals surface area contributed by atoms with E-state index in [0.717, 1.165) is 16.8 Å². The van der Waals surface area contributed by atoms with Gasteiger partial charge in [-0.2, -0.15) is 10.1 Å². The van der Waals surface area contributed by atoms with E-state index < -0.39 is 0 Å². The Labute approximate surface area is 176 Å². The molecule has 1 aliphatic heterocycles. The summed E-state index contributed by atoms with van der Waals surface area (Å²) in [4.78, 5) is 4.36. The van der Waals surface area contributed by atoms with Crippen molar-refractivity contribution < 1.29 is 14.2 Å². The third-order valence-electron chi connectivity index (χ3n) is 4.62. The first-order valence-electron chi connectivity index (χ1n) is 8.58. The van der Waals surface area contributed by atoms with E-state index in [-0.39, 0.29) is 6.04 Å². The Hall–Kier alpha value is -2.75. The van der Waals surface area contributed by atoms with E-state index in [0.29, 0.717) is 23.2 Å². The summed E-state index contributed by atoms with van der Waals surface area (Å²) in [6.45, 7) is 0. The Kier molecular flexibility index (Phi) is 5.12. The summed E-state index contributed by atoms with van der Waals surface area (Å²) in [6, 6.07) is 11.8. The number of anilines is 1. The van der Waals surface area contributed by atoms with Gasteiger partial charge in [0.1, 0.15) is 18.1 Å². The van der Waals surface area contributed by atoms with Crippen LogP contribution in [0.1, 0.15) is 17.2 Å². The molecule has 0 fully saturated rings. The van der Waals surface area contributed by atoms with Gasteiger partial charge in [0, 0.05) is 20.9 Å². The van der Waals surface area contributed by atoms with E-state index in [1.807, 2.05) is 16.8 Å². The number of hydrogen-bond donors (Lipinski definition) is 1. The van der Waals surface area contributed by atoms with Crippen LogP contribution in [0.2, 0.25) is 0 Å². The van der Waals surface area contributed by atoms with E-state index >= 15 is 0 Å². The van der Waals surface area contributed by atoms with Crippen LogP contribution in [0, 0.1) is 3.57 Å². The number of methoxy groups -OCH3 is 3. The number of aromatic nitrogens is 3. The smallest absolute Gasteiger partial charge is 0.226 e. The number of fused-ring (bicyclic) bond motifs is 1. The summed E-state index contributed by atoms with van der Waals surface area (Å²) < 4.78 is 19.5. The van der Waals surface area contributed by atoms with Crippen LogP contribution in [0.3, 0.4) is 0 Å². The number of halogens is 1. The minimum absolute atomic E-state index is 0.220. The standard InChI is InChI=1S/C20H19IN4O3/c1-26-17-10-19(28-3)18(27-2)8-14(17)16-9-15(12-4-6-13(21)7-5-12)24-20-22-11-23-25(16)20/h4-11,16H,1-3H3,(H,22,23,24). The van der Waals surface area contributed by atoms with Gasteiger partial charge in [0.15, 0.2) is 11.5 Å². The summed E-state index contributed by atoms with van der Waals surface area (Å²) in [6.07, 6.45) is 3.64. The maximum Gasteiger partial charge on any atom is 0.226 e. The van der Waals surface area contributed by atoms with Crippen LogP contribution in [-0.2, 0) is 0 Å². The largest absolute Gasteiger partial charge is 0.496 e. The van der Waals surface area contributed by atoms with Crippen molar-refractivity contribution >= 4 is 34.2 Å². The zero-order chi connectivity index (χ0) is 19.7. The minimum Gasteiger partial charge on any atom is -0.496 e. The number of nitrogens with zero attached hydrogens (tertiary/aromatic N) is 3. The molecule has 4 rings (SSSR count). The molecule has 7 nitrogen and oxygen atoms in total. The summed E-state index contributed by atoms with van der Waals surface area (Å²) in [5, 5.41) is 7.75. The highest BCUT2D eigenvalue weighted by atomic mass is 127. The molecule has 2 heterocycles. The van der Waals surface area contributed by atoms with Crippen molar-refractivity contribution in [1.29, 1.82) is 0 Å². The first-order valence-corrected chi connectivity index (χ1v) is 9.66. The predicted octanol–water partition coefficient (Wildman–Crippen LogP) is 3.96. The Morgan fingerprint density at radius 2 is 1.64 bits per heavy atom. The summed E-state index contributed by atoms with van der Waals surface area (Å²) in [7, 11) is 4.86. The van der Waals surface area contributed by atoms with Gasteiger partial charge in [-0.3, -0.25) is 0 Å². The van der Waals surface area contributed by atoms with Crippen LogP contribution in [-0.4, -0.2) is 36.1 Å². The lowest BCUT2D eigenvalue weighted by Gasteiger charge is -2.26. The van der Waals surface area contributed by atoms with E-state index in [1.54, 1.807) is 21.3 Å². The number of hydrogen-bond acceptors (Lipinski definition) is 6. The van der Waals surface area contributed by atoms with Gasteiger partial charge in [0.2, 0.25) is 5.95 Å². The molecule has 1 aromatic heterocycles. The number of benzene rings is 2. The lowest BCUT2D eigenvalue weighted by atomic mass is 10.00. The normalized spacial score (nSPS) is 15.3. The average molecular weight is 490 g/mol. The summed E-state index contributed by atoms with van der Waals surface area (Å²) in [5.41, 5.74) is 2.93. The maximum atomic E-state index is 5.64. The Bertz CT molecular complexity index is 1030. The SMILES string of the molecule is COc1cc(OC)c(C2C=C(c3ccc(I)cc3)Nc3ncnn32)cc1OC. The predicted molar refractivity (Wildman–Crippen MR) is 115 cm³/mol. The molecule has 2 aromatic carbocycles. The molecule has 0 aliphatic carbocycles. The van der Waals surface area contributed by atoms with Crippen molar-refractivity contribution in [2.75, 3.05) is 26.6 Å². The van der Waals surface area contributed by atoms with Gasteiger partial charge in [-0.1, -0.05) is 12.1 Å². The average Bonchev–Trinajstić information content (AvgIpc) is 3.21. The van der Waals surface area contributed by atoms with Crippen molar-refractivity contribution in [2.45, 2.75) is 6.04 Å². The van der Waals surface area contributed by atoms with Crippen LogP contribution in [0.4, 0.5) is 5.95 Å². The molecular formula is C20H19IN4O3. The monoisotopic (exact) mass is 490 g/mol. The lowest BCUT2D eigenvalue weighted by molar-refractivity contribution is 0.346. The van der Waals surface area contributed by atoms with Gasteiger partial charge >= 0.3 is 0 Å². The van der Waals surface area contributed by atoms with Crippen molar-refractivity contribution in [3.63, 3.8) is 0 Å². The zero-order valence-electron chi connectivity index (χ0n) is 15.6. The van der Waals surface area contributed by atoms with E-state index in [2.05, 4.69) is 68.3 Å². The Morgan fingerprint density at radius 3 is 2.32 bits per heavy atom. The third-order valence-corrected chi connectivity index (χ3v) is 5.34. The van der Waals surface area contributed by atoms with Crippen molar-refractivity contribution in [3.8, 4) is 17.2 Å². The summed E-state index contributed by atoms with van der Waals surface area (Å²) >= 11 is 2.30. The molecule has 28 heavy (non-hydrogen) atoms. The highest BCUT2D eigenvalue weighted by Crippen LogP contribution is 2.41. The molecule has 0 saturated carbocycles. The maximum absolute atomic E-state index is 5.64. The van der Waals surface area contributed by atoms with Crippen LogP contribution in [0.5, 0.6) is 17.2 Å². The molecule has 8 heteroatoms. The van der Waals surface area contributed by atoms with Gasteiger partial charge in [0.05, 0.1) is 21.3 Å². The fraction of sp³-hybridized carbons (Fsp3) is 0.200. The third kappa shape index (κ3) is 3.28. The minimum atomic E-state index is -0.220. The number of rotatable bonds is 5. The van der Waals surface area contributed by atoms with Gasteiger partial charge in [-0.15, -0.1) is 0 Å². The quantitative estimate of drug-likeness (QED) is 0.547. The topological polar surface area (TPSA) is 70.4 Å². The zero-order valence-corrected chi connectivity index (χ0v) is 17.8. The molecule has 3 aromatic rings. The van der Waals surface area contributed by atoms with E-state index in [1.165, 1.54) is 9.90 Å². The van der Waals surface area contributed by atoms with Gasteiger partial charge in [-0.05, 0) is 52.4 Å². The van der Waals surface area contributed by atoms with E-state index in [9.17, 15) is 0 Å². The number of ether oxygens (including phenoxy) is 3. The molecule has 1 aliphatic rings. The Balaban J connectivity index is 1.87. The van der Waals surface area contributed by atoms with Crippen molar-refractivity contribution in [2.24, 2.45) is 0 Å². The molecule has 0 amide bonds. The fourth-order valence-corrected chi connectivity index (χ4v) is 3.60. The number of allylic oxidation sites excluding steroid dienone is 1. The number of nitrogens with one attached hydrogen (secondary N) is 1. The first-order chi connectivity index (χ1) is 13.6. The lowest BCUT2D eigenvalue weighted by Crippen LogP contribution is -2.20. The van der Waals surface area contributed by atoms with E-state index in [4.69, 9.17) is 14.2 Å². The van der Waals surface area contributed by atoms with Gasteiger partial charge in [-0.25, -0.2) is 4.68 Å². The molecule has 0 radical (unpaired) electrons. The molecule has 1 unspecified atom stereocenters. The van der Waals surface area contributed by atoms with Crippen LogP contribution in [0.15, 0.2) is 48.8 Å². The molecular weight excluding hydrogens is 471 g/mol. The Morgan fingerprint density at radius 1 is 0.964 bits per heavy atom. The highest BCUT2D eigenvalue weighted by Gasteiger charge is 2.27. The second kappa shape index (κ2) is 7.70. The molecule has 0 spiro atoms.